The number of esters is 1. The number of carbonyl (C=O) groups is 1. The predicted molar refractivity (Wildman–Crippen MR) is 55.6 cm³/mol. The van der Waals surface area contributed by atoms with Gasteiger partial charge in [0.15, 0.2) is 0 Å². The van der Waals surface area contributed by atoms with Crippen molar-refractivity contribution in [2.24, 2.45) is 0 Å². The number of likely N-dealkylation sites (N-methyl/N-ethyl adjacent to an activating group) is 1. The van der Waals surface area contributed by atoms with Gasteiger partial charge in [-0.15, -0.1) is 0 Å². The van der Waals surface area contributed by atoms with E-state index < -0.39 is 30.7 Å². The van der Waals surface area contributed by atoms with Crippen LogP contribution in [-0.4, -0.2) is 45.1 Å². The minimum absolute atomic E-state index is 0.0581. The average Bonchev–Trinajstić information content (AvgIpc) is 2.25. The van der Waals surface area contributed by atoms with Gasteiger partial charge in [0.2, 0.25) is 0 Å². The van der Waals surface area contributed by atoms with E-state index in [4.69, 9.17) is 4.74 Å². The van der Waals surface area contributed by atoms with E-state index in [1.54, 1.807) is 14.0 Å². The van der Waals surface area contributed by atoms with Crippen molar-refractivity contribution >= 4 is 5.97 Å². The summed E-state index contributed by atoms with van der Waals surface area (Å²) in [5.74, 6) is -0.473. The van der Waals surface area contributed by atoms with Crippen molar-refractivity contribution in [1.82, 2.24) is 5.32 Å². The Bertz CT molecular complexity index is 245. The summed E-state index contributed by atoms with van der Waals surface area (Å²) in [7, 11) is 2.83. The highest BCUT2D eigenvalue weighted by atomic mass is 19.4. The minimum atomic E-state index is -4.21. The molecule has 1 N–H and O–H groups in total. The lowest BCUT2D eigenvalue weighted by atomic mass is 9.99. The summed E-state index contributed by atoms with van der Waals surface area (Å²) in [6.07, 6.45) is -4.95. The van der Waals surface area contributed by atoms with Crippen molar-refractivity contribution in [2.75, 3.05) is 27.4 Å². The molecule has 0 aliphatic rings. The van der Waals surface area contributed by atoms with E-state index in [1.165, 1.54) is 7.11 Å². The lowest BCUT2D eigenvalue weighted by molar-refractivity contribution is -0.151. The van der Waals surface area contributed by atoms with Crippen LogP contribution in [0, 0.1) is 0 Å². The minimum Gasteiger partial charge on any atom is -0.468 e. The smallest absolute Gasteiger partial charge is 0.391 e. The van der Waals surface area contributed by atoms with Crippen LogP contribution in [0.25, 0.3) is 0 Å². The summed E-state index contributed by atoms with van der Waals surface area (Å²) >= 11 is 0. The van der Waals surface area contributed by atoms with Gasteiger partial charge in [0.05, 0.1) is 20.1 Å². The largest absolute Gasteiger partial charge is 0.468 e. The second-order valence-electron chi connectivity index (χ2n) is 3.80. The Morgan fingerprint density at radius 2 is 1.76 bits per heavy atom. The Labute approximate surface area is 98.5 Å². The second-order valence-corrected chi connectivity index (χ2v) is 3.80. The van der Waals surface area contributed by atoms with Gasteiger partial charge in [0, 0.05) is 6.61 Å². The molecule has 0 aromatic rings. The second kappa shape index (κ2) is 6.80. The lowest BCUT2D eigenvalue weighted by Gasteiger charge is -2.25. The summed E-state index contributed by atoms with van der Waals surface area (Å²) in [5, 5.41) is 2.76. The molecular weight excluding hydrogens is 239 g/mol. The Balaban J connectivity index is 3.89. The van der Waals surface area contributed by atoms with Gasteiger partial charge in [-0.1, -0.05) is 0 Å². The Morgan fingerprint density at radius 1 is 1.24 bits per heavy atom. The van der Waals surface area contributed by atoms with Crippen molar-refractivity contribution in [3.05, 3.63) is 0 Å². The number of rotatable bonds is 7. The molecule has 0 rings (SSSR count). The van der Waals surface area contributed by atoms with Gasteiger partial charge >= 0.3 is 12.1 Å². The maximum absolute atomic E-state index is 11.8. The van der Waals surface area contributed by atoms with Crippen LogP contribution in [0.2, 0.25) is 0 Å². The fraction of sp³-hybridized carbons (Fsp3) is 0.900. The third kappa shape index (κ3) is 6.48. The highest BCUT2D eigenvalue weighted by molar-refractivity contribution is 5.80. The van der Waals surface area contributed by atoms with Gasteiger partial charge in [0.1, 0.15) is 5.54 Å². The first kappa shape index (κ1) is 16.2. The van der Waals surface area contributed by atoms with Crippen LogP contribution < -0.4 is 5.32 Å². The molecule has 1 atom stereocenters. The number of alkyl halides is 3. The van der Waals surface area contributed by atoms with E-state index in [9.17, 15) is 18.0 Å². The number of nitrogens with one attached hydrogen (secondary N) is 1. The van der Waals surface area contributed by atoms with Crippen molar-refractivity contribution in [3.63, 3.8) is 0 Å². The van der Waals surface area contributed by atoms with Crippen molar-refractivity contribution in [3.8, 4) is 0 Å². The van der Waals surface area contributed by atoms with Crippen LogP contribution in [0.4, 0.5) is 13.2 Å². The van der Waals surface area contributed by atoms with E-state index in [2.05, 4.69) is 10.1 Å². The first-order valence-corrected chi connectivity index (χ1v) is 5.17. The highest BCUT2D eigenvalue weighted by Crippen LogP contribution is 2.19. The van der Waals surface area contributed by atoms with Crippen molar-refractivity contribution in [2.45, 2.75) is 31.5 Å². The van der Waals surface area contributed by atoms with Gasteiger partial charge in [0.25, 0.3) is 0 Å². The Hall–Kier alpha value is -0.820. The van der Waals surface area contributed by atoms with Gasteiger partial charge in [-0.25, -0.2) is 0 Å². The van der Waals surface area contributed by atoms with Gasteiger partial charge in [-0.3, -0.25) is 4.79 Å². The molecule has 1 unspecified atom stereocenters. The molecule has 4 nitrogen and oxygen atoms in total. The molecule has 0 amide bonds. The van der Waals surface area contributed by atoms with Crippen LogP contribution in [0.3, 0.4) is 0 Å². The molecule has 0 fully saturated rings. The molecule has 0 saturated carbocycles. The predicted octanol–water partition coefficient (Wildman–Crippen LogP) is 1.50. The van der Waals surface area contributed by atoms with Crippen LogP contribution in [0.5, 0.6) is 0 Å². The quantitative estimate of drug-likeness (QED) is 0.554. The van der Waals surface area contributed by atoms with E-state index in [-0.39, 0.29) is 13.0 Å². The van der Waals surface area contributed by atoms with Crippen molar-refractivity contribution < 1.29 is 27.4 Å². The van der Waals surface area contributed by atoms with Gasteiger partial charge in [-0.2, -0.15) is 13.2 Å². The number of ether oxygens (including phenoxy) is 2. The van der Waals surface area contributed by atoms with Gasteiger partial charge in [-0.05, 0) is 20.4 Å². The molecular formula is C10H18F3NO3. The van der Waals surface area contributed by atoms with E-state index >= 15 is 0 Å². The molecule has 0 aromatic heterocycles. The number of methoxy groups -OCH3 is 1. The molecule has 0 saturated heterocycles. The fourth-order valence-corrected chi connectivity index (χ4v) is 1.12. The molecule has 0 aliphatic carbocycles. The first-order valence-electron chi connectivity index (χ1n) is 5.17. The summed E-state index contributed by atoms with van der Waals surface area (Å²) in [6.45, 7) is 1.26. The molecule has 102 valence electrons. The average molecular weight is 257 g/mol. The van der Waals surface area contributed by atoms with Crippen molar-refractivity contribution in [1.29, 1.82) is 0 Å². The third-order valence-corrected chi connectivity index (χ3v) is 2.46. The molecule has 0 radical (unpaired) electrons. The number of carbonyl (C=O) groups excluding carboxylic acids is 1. The maximum atomic E-state index is 11.8. The maximum Gasteiger partial charge on any atom is 0.391 e. The van der Waals surface area contributed by atoms with E-state index in [0.29, 0.717) is 0 Å². The van der Waals surface area contributed by atoms with Crippen LogP contribution in [0.15, 0.2) is 0 Å². The number of halogens is 3. The number of hydrogen-bond acceptors (Lipinski definition) is 4. The summed E-state index contributed by atoms with van der Waals surface area (Å²) in [4.78, 5) is 11.4. The van der Waals surface area contributed by atoms with Crippen LogP contribution >= 0.6 is 0 Å². The lowest BCUT2D eigenvalue weighted by Crippen LogP contribution is -2.49. The molecule has 7 heteroatoms. The molecule has 0 heterocycles. The molecule has 0 bridgehead atoms. The normalized spacial score (nSPS) is 15.4. The monoisotopic (exact) mass is 257 g/mol. The third-order valence-electron chi connectivity index (χ3n) is 2.46. The first-order chi connectivity index (χ1) is 7.75. The Morgan fingerprint density at radius 3 is 2.18 bits per heavy atom. The summed E-state index contributed by atoms with van der Waals surface area (Å²) < 4.78 is 44.8. The molecule has 0 aromatic carbocycles. The van der Waals surface area contributed by atoms with E-state index in [0.717, 1.165) is 0 Å². The molecule has 17 heavy (non-hydrogen) atoms. The zero-order chi connectivity index (χ0) is 13.5. The summed E-state index contributed by atoms with van der Waals surface area (Å²) in [5.41, 5.74) is -0.938. The zero-order valence-electron chi connectivity index (χ0n) is 10.2. The van der Waals surface area contributed by atoms with Crippen LogP contribution in [0.1, 0.15) is 19.8 Å². The number of hydrogen-bond donors (Lipinski definition) is 1. The Kier molecular flexibility index (Phi) is 6.48. The summed E-state index contributed by atoms with van der Waals surface area (Å²) in [6, 6.07) is 0. The van der Waals surface area contributed by atoms with Gasteiger partial charge < -0.3 is 14.8 Å². The zero-order valence-corrected chi connectivity index (χ0v) is 10.2. The molecule has 0 spiro atoms. The SMILES string of the molecule is CNC(C)(CCOCCC(F)(F)F)C(=O)OC. The standard InChI is InChI=1S/C10H18F3NO3/c1-9(14-2,8(15)16-3)4-6-17-7-5-10(11,12)13/h14H,4-7H2,1-3H3. The topological polar surface area (TPSA) is 47.6 Å². The fourth-order valence-electron chi connectivity index (χ4n) is 1.12. The molecule has 0 aliphatic heterocycles. The highest BCUT2D eigenvalue weighted by Gasteiger charge is 2.32. The van der Waals surface area contributed by atoms with Crippen LogP contribution in [-0.2, 0) is 14.3 Å². The van der Waals surface area contributed by atoms with E-state index in [1.807, 2.05) is 0 Å².